The van der Waals surface area contributed by atoms with Crippen LogP contribution in [0.5, 0.6) is 0 Å². The maximum Gasteiger partial charge on any atom is 0.471 e. The second kappa shape index (κ2) is 13.3. The summed E-state index contributed by atoms with van der Waals surface area (Å²) in [5.41, 5.74) is 0. The molecule has 5 nitrogen and oxygen atoms in total. The van der Waals surface area contributed by atoms with Gasteiger partial charge < -0.3 is 4.74 Å². The molecule has 56 heavy (non-hydrogen) atoms. The molecular weight excluding hydrogens is 943 g/mol. The first-order valence-electron chi connectivity index (χ1n) is 11.3. The first-order valence-corrected chi connectivity index (χ1v) is 12.7. The van der Waals surface area contributed by atoms with Crippen LogP contribution in [0.2, 0.25) is 0 Å². The molecular formula is C17HF33O5S. The summed E-state index contributed by atoms with van der Waals surface area (Å²) in [7, 11) is -8.44. The molecule has 0 bridgehead atoms. The summed E-state index contributed by atoms with van der Waals surface area (Å²) in [6.07, 6.45) is -30.6. The number of alkyl halides is 30. The van der Waals surface area contributed by atoms with Gasteiger partial charge in [0.2, 0.25) is 0 Å². The fourth-order valence-electron chi connectivity index (χ4n) is 2.84. The Hall–Kier alpha value is -2.90. The standard InChI is InChI=1S/C17HF33O5S/c18-1(19)2(20)54-16(47,48)13(41,14(42,43)44)55-15(45,46)11(37,38)9(33,34)7(29,30)5(25,26)3(21,22)4(23,24)6(27,28)8(31,32)10(35,36)12(39,40)17(49,50)56(51,52)53/h(H,51,52,53). The summed E-state index contributed by atoms with van der Waals surface area (Å²) in [6, 6.07) is -4.59. The van der Waals surface area contributed by atoms with Crippen molar-refractivity contribution in [2.24, 2.45) is 0 Å². The summed E-state index contributed by atoms with van der Waals surface area (Å²) in [6.45, 7) is 0. The third-order valence-electron chi connectivity index (χ3n) is 5.98. The molecule has 0 spiro atoms. The normalized spacial score (nSPS) is 17.5. The quantitative estimate of drug-likeness (QED) is 0.0894. The highest BCUT2D eigenvalue weighted by Gasteiger charge is 3.00. The third kappa shape index (κ3) is 6.73. The Kier molecular flexibility index (Phi) is 12.6. The van der Waals surface area contributed by atoms with Crippen molar-refractivity contribution in [2.75, 3.05) is 0 Å². The molecule has 0 saturated carbocycles. The van der Waals surface area contributed by atoms with Gasteiger partial charge in [-0.1, -0.05) is 0 Å². The van der Waals surface area contributed by atoms with Gasteiger partial charge >= 0.3 is 111 Å². The van der Waals surface area contributed by atoms with E-state index in [2.05, 4.69) is 0 Å². The second-order valence-corrected chi connectivity index (χ2v) is 11.1. The Morgan fingerprint density at radius 1 is 0.375 bits per heavy atom. The molecule has 0 rings (SSSR count). The van der Waals surface area contributed by atoms with Crippen LogP contribution in [0.4, 0.5) is 145 Å². The summed E-state index contributed by atoms with van der Waals surface area (Å²) in [5.74, 6) is -108. The van der Waals surface area contributed by atoms with Gasteiger partial charge in [-0.2, -0.15) is 153 Å². The Morgan fingerprint density at radius 3 is 0.821 bits per heavy atom. The van der Waals surface area contributed by atoms with Gasteiger partial charge in [0, 0.05) is 0 Å². The smallest absolute Gasteiger partial charge is 0.398 e. The molecule has 0 heterocycles. The zero-order valence-corrected chi connectivity index (χ0v) is 24.3. The molecule has 0 amide bonds. The number of hydrogen-bond donors (Lipinski definition) is 1. The van der Waals surface area contributed by atoms with Gasteiger partial charge in [-0.3, -0.25) is 9.29 Å². The van der Waals surface area contributed by atoms with E-state index in [1.807, 2.05) is 0 Å². The molecule has 0 aliphatic rings. The van der Waals surface area contributed by atoms with Crippen LogP contribution < -0.4 is 0 Å². The monoisotopic (exact) mass is 944 g/mol. The van der Waals surface area contributed by atoms with Crippen LogP contribution in [0, 0.1) is 0 Å². The van der Waals surface area contributed by atoms with Gasteiger partial charge in [0.1, 0.15) is 0 Å². The summed E-state index contributed by atoms with van der Waals surface area (Å²) < 4.78 is 474. The van der Waals surface area contributed by atoms with Crippen LogP contribution in [-0.4, -0.2) is 102 Å². The van der Waals surface area contributed by atoms with E-state index in [1.54, 1.807) is 0 Å². The fraction of sp³-hybridized carbons (Fsp3) is 0.882. The molecule has 0 radical (unpaired) electrons. The molecule has 0 aromatic heterocycles. The average Bonchev–Trinajstić information content (AvgIpc) is 2.93. The van der Waals surface area contributed by atoms with E-state index < -0.39 is 111 Å². The maximum absolute atomic E-state index is 13.9. The minimum atomic E-state index is -10.2. The van der Waals surface area contributed by atoms with E-state index in [9.17, 15) is 153 Å². The average molecular weight is 944 g/mol. The van der Waals surface area contributed by atoms with Crippen molar-refractivity contribution in [3.63, 3.8) is 0 Å². The number of hydrogen-bond acceptors (Lipinski definition) is 4. The molecule has 0 aliphatic carbocycles. The lowest BCUT2D eigenvalue weighted by molar-refractivity contribution is -0.537. The lowest BCUT2D eigenvalue weighted by Gasteiger charge is -2.46. The van der Waals surface area contributed by atoms with E-state index in [0.717, 1.165) is 4.74 Å². The highest BCUT2D eigenvalue weighted by atomic mass is 32.2. The van der Waals surface area contributed by atoms with Gasteiger partial charge in [-0.15, -0.1) is 0 Å². The van der Waals surface area contributed by atoms with Crippen LogP contribution in [0.25, 0.3) is 0 Å². The van der Waals surface area contributed by atoms with Crippen molar-refractivity contribution in [3.8, 4) is 0 Å². The number of ether oxygens (including phenoxy) is 2. The predicted octanol–water partition coefficient (Wildman–Crippen LogP) is 10.3. The van der Waals surface area contributed by atoms with E-state index in [-0.39, 0.29) is 0 Å². The Labute approximate surface area is 279 Å². The lowest BCUT2D eigenvalue weighted by atomic mass is 9.85. The van der Waals surface area contributed by atoms with Crippen molar-refractivity contribution < 1.29 is 167 Å². The molecule has 0 aliphatic heterocycles. The van der Waals surface area contributed by atoms with E-state index in [1.165, 1.54) is 4.74 Å². The second-order valence-electron chi connectivity index (χ2n) is 9.60. The molecule has 1 unspecified atom stereocenters. The molecule has 0 saturated heterocycles. The number of rotatable bonds is 17. The first kappa shape index (κ1) is 53.1. The van der Waals surface area contributed by atoms with Crippen LogP contribution >= 0.6 is 0 Å². The number of halogens is 33. The predicted molar refractivity (Wildman–Crippen MR) is 98.3 cm³/mol. The Morgan fingerprint density at radius 2 is 0.607 bits per heavy atom. The van der Waals surface area contributed by atoms with Crippen LogP contribution in [0.3, 0.4) is 0 Å². The van der Waals surface area contributed by atoms with Gasteiger partial charge in [0.15, 0.2) is 0 Å². The zero-order chi connectivity index (χ0) is 46.6. The largest absolute Gasteiger partial charge is 0.471 e. The topological polar surface area (TPSA) is 72.8 Å². The summed E-state index contributed by atoms with van der Waals surface area (Å²) >= 11 is 0. The first-order chi connectivity index (χ1) is 23.5. The third-order valence-corrected chi connectivity index (χ3v) is 6.88. The lowest BCUT2D eigenvalue weighted by Crippen LogP contribution is -2.78. The molecule has 0 aromatic rings. The van der Waals surface area contributed by atoms with E-state index >= 15 is 0 Å². The van der Waals surface area contributed by atoms with Crippen molar-refractivity contribution in [1.82, 2.24) is 0 Å². The molecule has 39 heteroatoms. The van der Waals surface area contributed by atoms with E-state index in [0.29, 0.717) is 0 Å². The van der Waals surface area contributed by atoms with Crippen molar-refractivity contribution in [3.05, 3.63) is 12.1 Å². The maximum atomic E-state index is 13.9. The fourth-order valence-corrected chi connectivity index (χ4v) is 3.30. The van der Waals surface area contributed by atoms with Crippen LogP contribution in [0.15, 0.2) is 12.1 Å². The van der Waals surface area contributed by atoms with Crippen LogP contribution in [-0.2, 0) is 19.6 Å². The molecule has 0 fully saturated rings. The molecule has 0 aromatic carbocycles. The van der Waals surface area contributed by atoms with Gasteiger partial charge in [-0.05, 0) is 0 Å². The van der Waals surface area contributed by atoms with Crippen LogP contribution in [0.1, 0.15) is 0 Å². The minimum absolute atomic E-state index is 0.793. The van der Waals surface area contributed by atoms with Crippen molar-refractivity contribution >= 4 is 10.1 Å². The molecule has 336 valence electrons. The summed E-state index contributed by atoms with van der Waals surface area (Å²) in [5, 5.41) is -8.42. The highest BCUT2D eigenvalue weighted by molar-refractivity contribution is 7.87. The molecule has 1 N–H and O–H groups in total. The van der Waals surface area contributed by atoms with Crippen molar-refractivity contribution in [2.45, 2.75) is 88.7 Å². The summed E-state index contributed by atoms with van der Waals surface area (Å²) in [4.78, 5) is 0. The Balaban J connectivity index is 7.74. The Bertz CT molecular complexity index is 1600. The zero-order valence-electron chi connectivity index (χ0n) is 23.5. The van der Waals surface area contributed by atoms with Crippen molar-refractivity contribution in [1.29, 1.82) is 0 Å². The van der Waals surface area contributed by atoms with Gasteiger partial charge in [0.05, 0.1) is 0 Å². The van der Waals surface area contributed by atoms with Gasteiger partial charge in [0.25, 0.3) is 0 Å². The highest BCUT2D eigenvalue weighted by Crippen LogP contribution is 2.68. The molecule has 1 atom stereocenters. The van der Waals surface area contributed by atoms with E-state index in [4.69, 9.17) is 4.55 Å². The minimum Gasteiger partial charge on any atom is -0.398 e. The SMILES string of the molecule is O=S(=O)(O)C(F)(F)C(F)(F)C(F)(F)C(F)(F)C(F)(F)C(F)(F)C(F)(F)C(F)(F)C(F)(F)C(F)(F)C(F)(F)C(F)(F)OC(F)(C(F)(F)F)C(F)(F)OC(F)=C(F)F. The van der Waals surface area contributed by atoms with Gasteiger partial charge in [-0.25, -0.2) is 0 Å².